The number of phenols is 1. The summed E-state index contributed by atoms with van der Waals surface area (Å²) in [6, 6.07) is 7.32. The SMILES string of the molecule is CCOC(=O)C1=C(Nc2cccc(C(=O)N(C)C)c2O)C(N[C@H](CC)c2ccco2)=NS1(=O)=O. The molecular formula is C22H26N4O7S. The number of amides is 1. The minimum atomic E-state index is -4.42. The van der Waals surface area contributed by atoms with E-state index >= 15 is 0 Å². The van der Waals surface area contributed by atoms with Crippen LogP contribution in [0.2, 0.25) is 0 Å². The first-order valence-corrected chi connectivity index (χ1v) is 11.9. The van der Waals surface area contributed by atoms with Crippen molar-refractivity contribution in [1.82, 2.24) is 10.2 Å². The average Bonchev–Trinajstić information content (AvgIpc) is 3.39. The number of nitrogens with zero attached hydrogens (tertiary/aromatic N) is 2. The molecule has 0 unspecified atom stereocenters. The van der Waals surface area contributed by atoms with Crippen molar-refractivity contribution in [2.45, 2.75) is 26.3 Å². The molecule has 1 aromatic carbocycles. The molecule has 182 valence electrons. The van der Waals surface area contributed by atoms with Crippen LogP contribution in [0.4, 0.5) is 5.69 Å². The van der Waals surface area contributed by atoms with Crippen molar-refractivity contribution in [1.29, 1.82) is 0 Å². The number of phenolic OH excluding ortho intramolecular Hbond substituents is 1. The Morgan fingerprint density at radius 2 is 1.94 bits per heavy atom. The lowest BCUT2D eigenvalue weighted by molar-refractivity contribution is -0.137. The molecule has 1 aliphatic rings. The molecule has 0 bridgehead atoms. The van der Waals surface area contributed by atoms with Crippen molar-refractivity contribution < 1.29 is 32.3 Å². The van der Waals surface area contributed by atoms with Crippen LogP contribution in [0.5, 0.6) is 5.75 Å². The van der Waals surface area contributed by atoms with Gasteiger partial charge >= 0.3 is 5.97 Å². The number of sulfonamides is 1. The Labute approximate surface area is 197 Å². The Bertz CT molecular complexity index is 1250. The quantitative estimate of drug-likeness (QED) is 0.374. The fourth-order valence-electron chi connectivity index (χ4n) is 3.29. The van der Waals surface area contributed by atoms with Gasteiger partial charge in [-0.3, -0.25) is 4.79 Å². The van der Waals surface area contributed by atoms with Crippen molar-refractivity contribution in [2.75, 3.05) is 26.0 Å². The van der Waals surface area contributed by atoms with Crippen molar-refractivity contribution in [2.24, 2.45) is 4.40 Å². The third-order valence-electron chi connectivity index (χ3n) is 4.93. The summed E-state index contributed by atoms with van der Waals surface area (Å²) in [4.78, 5) is 25.6. The molecule has 34 heavy (non-hydrogen) atoms. The van der Waals surface area contributed by atoms with Gasteiger partial charge in [-0.05, 0) is 37.6 Å². The molecule has 2 aromatic rings. The number of hydrogen-bond donors (Lipinski definition) is 3. The van der Waals surface area contributed by atoms with Gasteiger partial charge in [0.05, 0.1) is 30.2 Å². The predicted octanol–water partition coefficient (Wildman–Crippen LogP) is 2.36. The van der Waals surface area contributed by atoms with Gasteiger partial charge in [0.2, 0.25) is 4.91 Å². The maximum atomic E-state index is 12.8. The second-order valence-corrected chi connectivity index (χ2v) is 9.03. The molecule has 12 heteroatoms. The summed E-state index contributed by atoms with van der Waals surface area (Å²) in [5.74, 6) is -1.60. The number of aromatic hydroxyl groups is 1. The zero-order valence-electron chi connectivity index (χ0n) is 19.2. The van der Waals surface area contributed by atoms with Crippen LogP contribution in [0.3, 0.4) is 0 Å². The maximum absolute atomic E-state index is 12.8. The monoisotopic (exact) mass is 490 g/mol. The third kappa shape index (κ3) is 4.91. The fraction of sp³-hybridized carbons (Fsp3) is 0.318. The molecule has 3 rings (SSSR count). The first-order chi connectivity index (χ1) is 16.1. The average molecular weight is 491 g/mol. The van der Waals surface area contributed by atoms with E-state index in [0.29, 0.717) is 12.2 Å². The van der Waals surface area contributed by atoms with E-state index in [1.807, 2.05) is 6.92 Å². The Kier molecular flexibility index (Phi) is 7.30. The third-order valence-corrected chi connectivity index (χ3v) is 6.24. The van der Waals surface area contributed by atoms with Crippen molar-refractivity contribution in [3.63, 3.8) is 0 Å². The minimum absolute atomic E-state index is 0.00199. The highest BCUT2D eigenvalue weighted by Crippen LogP contribution is 2.33. The largest absolute Gasteiger partial charge is 0.505 e. The molecule has 3 N–H and O–H groups in total. The lowest BCUT2D eigenvalue weighted by Crippen LogP contribution is -2.31. The van der Waals surface area contributed by atoms with Crippen LogP contribution < -0.4 is 10.6 Å². The summed E-state index contributed by atoms with van der Waals surface area (Å²) in [7, 11) is -1.36. The summed E-state index contributed by atoms with van der Waals surface area (Å²) in [6.07, 6.45) is 1.99. The maximum Gasteiger partial charge on any atom is 0.354 e. The molecular weight excluding hydrogens is 464 g/mol. The number of carbonyl (C=O) groups is 2. The van der Waals surface area contributed by atoms with E-state index in [4.69, 9.17) is 9.15 Å². The minimum Gasteiger partial charge on any atom is -0.505 e. The van der Waals surface area contributed by atoms with Crippen molar-refractivity contribution in [3.8, 4) is 5.75 Å². The Hall–Kier alpha value is -3.80. The van der Waals surface area contributed by atoms with Gasteiger partial charge in [0.25, 0.3) is 15.9 Å². The number of nitrogens with one attached hydrogen (secondary N) is 2. The number of amidine groups is 1. The molecule has 0 aliphatic carbocycles. The highest BCUT2D eigenvalue weighted by Gasteiger charge is 2.40. The van der Waals surface area contributed by atoms with E-state index in [1.165, 1.54) is 43.5 Å². The first-order valence-electron chi connectivity index (χ1n) is 10.5. The molecule has 1 aliphatic heterocycles. The fourth-order valence-corrected chi connectivity index (χ4v) is 4.44. The Morgan fingerprint density at radius 1 is 1.21 bits per heavy atom. The molecule has 0 saturated heterocycles. The number of hydrogen-bond acceptors (Lipinski definition) is 9. The second-order valence-electron chi connectivity index (χ2n) is 7.49. The van der Waals surface area contributed by atoms with Gasteiger partial charge in [-0.1, -0.05) is 13.0 Å². The van der Waals surface area contributed by atoms with E-state index < -0.39 is 38.6 Å². The van der Waals surface area contributed by atoms with Gasteiger partial charge in [0.15, 0.2) is 11.6 Å². The number of furan rings is 1. The number of para-hydroxylation sites is 1. The number of rotatable bonds is 8. The van der Waals surface area contributed by atoms with Crippen LogP contribution in [-0.2, 0) is 19.6 Å². The topological polar surface area (TPSA) is 151 Å². The summed E-state index contributed by atoms with van der Waals surface area (Å²) in [5.41, 5.74) is -0.224. The second kappa shape index (κ2) is 10.00. The van der Waals surface area contributed by atoms with Gasteiger partial charge < -0.3 is 29.8 Å². The standard InChI is InChI=1S/C22H26N4O7S/c1-5-14(16-11-8-12-33-16)24-20-17(19(22(29)32-6-2)34(30,31)25-20)23-15-10-7-9-13(18(15)27)21(28)26(3)4/h7-12,14,23,27H,5-6H2,1-4H3,(H,24,25)/t14-/m1/s1. The van der Waals surface area contributed by atoms with Crippen LogP contribution in [0, 0.1) is 0 Å². The molecule has 0 radical (unpaired) electrons. The van der Waals surface area contributed by atoms with Crippen LogP contribution >= 0.6 is 0 Å². The van der Waals surface area contributed by atoms with Crippen LogP contribution in [0.15, 0.2) is 56.0 Å². The number of esters is 1. The lowest BCUT2D eigenvalue weighted by Gasteiger charge is -2.19. The van der Waals surface area contributed by atoms with E-state index in [1.54, 1.807) is 19.1 Å². The van der Waals surface area contributed by atoms with E-state index in [2.05, 4.69) is 15.0 Å². The smallest absolute Gasteiger partial charge is 0.354 e. The zero-order valence-corrected chi connectivity index (χ0v) is 20.0. The molecule has 0 saturated carbocycles. The van der Waals surface area contributed by atoms with Crippen LogP contribution in [0.25, 0.3) is 0 Å². The van der Waals surface area contributed by atoms with Gasteiger partial charge in [-0.25, -0.2) is 4.79 Å². The Morgan fingerprint density at radius 3 is 2.53 bits per heavy atom. The number of ether oxygens (including phenoxy) is 1. The molecule has 1 atom stereocenters. The predicted molar refractivity (Wildman–Crippen MR) is 125 cm³/mol. The molecule has 1 amide bonds. The molecule has 11 nitrogen and oxygen atoms in total. The summed E-state index contributed by atoms with van der Waals surface area (Å²) >= 11 is 0. The van der Waals surface area contributed by atoms with Gasteiger partial charge in [-0.15, -0.1) is 4.40 Å². The van der Waals surface area contributed by atoms with Crippen LogP contribution in [-0.4, -0.2) is 56.8 Å². The summed E-state index contributed by atoms with van der Waals surface area (Å²) in [6.45, 7) is 3.34. The van der Waals surface area contributed by atoms with E-state index in [0.717, 1.165) is 0 Å². The molecule has 2 heterocycles. The first kappa shape index (κ1) is 24.8. The zero-order chi connectivity index (χ0) is 25.0. The highest BCUT2D eigenvalue weighted by atomic mass is 32.2. The van der Waals surface area contributed by atoms with Crippen LogP contribution in [0.1, 0.15) is 42.4 Å². The van der Waals surface area contributed by atoms with Crippen molar-refractivity contribution >= 4 is 33.4 Å². The Balaban J connectivity index is 2.09. The van der Waals surface area contributed by atoms with Gasteiger partial charge in [0, 0.05) is 14.1 Å². The number of carbonyl (C=O) groups excluding carboxylic acids is 2. The number of anilines is 1. The lowest BCUT2D eigenvalue weighted by atomic mass is 10.1. The summed E-state index contributed by atoms with van der Waals surface area (Å²) < 4.78 is 39.7. The summed E-state index contributed by atoms with van der Waals surface area (Å²) in [5, 5.41) is 16.5. The molecule has 0 spiro atoms. The van der Waals surface area contributed by atoms with E-state index in [-0.39, 0.29) is 29.4 Å². The number of benzene rings is 1. The van der Waals surface area contributed by atoms with Gasteiger partial charge in [-0.2, -0.15) is 8.42 Å². The molecule has 0 fully saturated rings. The molecule has 1 aromatic heterocycles. The normalized spacial score (nSPS) is 15.5. The van der Waals surface area contributed by atoms with E-state index in [9.17, 15) is 23.1 Å². The van der Waals surface area contributed by atoms with Gasteiger partial charge in [0.1, 0.15) is 11.5 Å². The highest BCUT2D eigenvalue weighted by molar-refractivity contribution is 7.95. The van der Waals surface area contributed by atoms with Crippen molar-refractivity contribution in [3.05, 3.63) is 58.5 Å².